The minimum atomic E-state index is -4.64. The molecule has 9 nitrogen and oxygen atoms in total. The van der Waals surface area contributed by atoms with Crippen molar-refractivity contribution >= 4 is 27.4 Å². The first-order valence-corrected chi connectivity index (χ1v) is 13.9. The van der Waals surface area contributed by atoms with Crippen molar-refractivity contribution < 1.29 is 31.2 Å². The standard InChI is InChI=1S/C25H28F3N5O4S/c1-38(36,37)20-8-3-2-6-17(20)9-10-19(29)22(34)32-13-11-21-24(15-32,14-18-7-4-5-12-30-18)23(35)33(31-21)16-25(26,27)28/h2-8,12,19H,9-11,13-16,29H2,1H3/t19?,24-/m1/s1. The van der Waals surface area contributed by atoms with Crippen LogP contribution >= 0.6 is 0 Å². The molecule has 204 valence electrons. The molecule has 1 fully saturated rings. The topological polar surface area (TPSA) is 126 Å². The zero-order chi connectivity index (χ0) is 27.7. The Balaban J connectivity index is 1.54. The van der Waals surface area contributed by atoms with Crippen LogP contribution in [0.1, 0.15) is 24.1 Å². The van der Waals surface area contributed by atoms with E-state index in [9.17, 15) is 31.2 Å². The molecule has 1 unspecified atom stereocenters. The Bertz CT molecular complexity index is 1350. The molecule has 0 aliphatic carbocycles. The summed E-state index contributed by atoms with van der Waals surface area (Å²) in [5.74, 6) is -1.30. The summed E-state index contributed by atoms with van der Waals surface area (Å²) >= 11 is 0. The first-order valence-electron chi connectivity index (χ1n) is 12.0. The van der Waals surface area contributed by atoms with Gasteiger partial charge in [-0.25, -0.2) is 13.4 Å². The molecule has 2 atom stereocenters. The maximum absolute atomic E-state index is 13.4. The Hall–Kier alpha value is -3.32. The van der Waals surface area contributed by atoms with Crippen LogP contribution in [0, 0.1) is 5.41 Å². The molecule has 2 aliphatic rings. The van der Waals surface area contributed by atoms with Crippen LogP contribution in [-0.2, 0) is 32.3 Å². The van der Waals surface area contributed by atoms with E-state index in [2.05, 4.69) is 10.1 Å². The van der Waals surface area contributed by atoms with E-state index in [0.717, 1.165) is 6.26 Å². The predicted molar refractivity (Wildman–Crippen MR) is 133 cm³/mol. The Morgan fingerprint density at radius 2 is 1.89 bits per heavy atom. The second kappa shape index (κ2) is 10.4. The van der Waals surface area contributed by atoms with Gasteiger partial charge in [-0.15, -0.1) is 0 Å². The minimum Gasteiger partial charge on any atom is -0.339 e. The number of nitrogens with two attached hydrogens (primary N) is 1. The van der Waals surface area contributed by atoms with Crippen LogP contribution in [0.4, 0.5) is 13.2 Å². The molecule has 3 heterocycles. The molecule has 2 aliphatic heterocycles. The van der Waals surface area contributed by atoms with Crippen LogP contribution in [0.25, 0.3) is 0 Å². The lowest BCUT2D eigenvalue weighted by molar-refractivity contribution is -0.164. The molecule has 0 bridgehead atoms. The van der Waals surface area contributed by atoms with Crippen molar-refractivity contribution in [2.45, 2.75) is 42.8 Å². The van der Waals surface area contributed by atoms with Crippen LogP contribution in [0.3, 0.4) is 0 Å². The fourth-order valence-electron chi connectivity index (χ4n) is 5.00. The fraction of sp³-hybridized carbons (Fsp3) is 0.440. The van der Waals surface area contributed by atoms with Gasteiger partial charge in [0.1, 0.15) is 12.0 Å². The predicted octanol–water partition coefficient (Wildman–Crippen LogP) is 1.97. The molecule has 4 rings (SSSR count). The molecule has 1 saturated heterocycles. The second-order valence-electron chi connectivity index (χ2n) is 9.64. The summed E-state index contributed by atoms with van der Waals surface area (Å²) in [4.78, 5) is 32.5. The number of aromatic nitrogens is 1. The van der Waals surface area contributed by atoms with E-state index in [1.807, 2.05) is 0 Å². The van der Waals surface area contributed by atoms with Gasteiger partial charge in [-0.3, -0.25) is 14.6 Å². The van der Waals surface area contributed by atoms with Gasteiger partial charge in [-0.1, -0.05) is 24.3 Å². The number of benzene rings is 1. The molecular weight excluding hydrogens is 523 g/mol. The molecule has 2 aromatic rings. The van der Waals surface area contributed by atoms with Gasteiger partial charge in [0.05, 0.1) is 16.6 Å². The van der Waals surface area contributed by atoms with Crippen LogP contribution in [0.5, 0.6) is 0 Å². The van der Waals surface area contributed by atoms with Crippen LogP contribution in [-0.4, -0.2) is 78.9 Å². The van der Waals surface area contributed by atoms with E-state index in [0.29, 0.717) is 16.3 Å². The zero-order valence-electron chi connectivity index (χ0n) is 20.7. The Morgan fingerprint density at radius 1 is 1.18 bits per heavy atom. The molecular formula is C25H28F3N5O4S. The van der Waals surface area contributed by atoms with E-state index in [1.165, 1.54) is 17.2 Å². The lowest BCUT2D eigenvalue weighted by Crippen LogP contribution is -2.58. The quantitative estimate of drug-likeness (QED) is 0.535. The molecule has 2 amide bonds. The van der Waals surface area contributed by atoms with Gasteiger partial charge in [-0.2, -0.15) is 18.3 Å². The molecule has 0 radical (unpaired) electrons. The van der Waals surface area contributed by atoms with Crippen LogP contribution in [0.2, 0.25) is 0 Å². The average Bonchev–Trinajstić information content (AvgIpc) is 3.11. The van der Waals surface area contributed by atoms with Crippen molar-refractivity contribution in [1.29, 1.82) is 0 Å². The van der Waals surface area contributed by atoms with Crippen LogP contribution in [0.15, 0.2) is 58.7 Å². The van der Waals surface area contributed by atoms with Gasteiger partial charge in [0.15, 0.2) is 9.84 Å². The number of likely N-dealkylation sites (tertiary alicyclic amines) is 1. The summed E-state index contributed by atoms with van der Waals surface area (Å²) < 4.78 is 63.6. The Labute approximate surface area is 218 Å². The number of alkyl halides is 3. The minimum absolute atomic E-state index is 0.0133. The highest BCUT2D eigenvalue weighted by molar-refractivity contribution is 7.90. The number of hydrogen-bond acceptors (Lipinski definition) is 7. The fourth-order valence-corrected chi connectivity index (χ4v) is 5.97. The smallest absolute Gasteiger partial charge is 0.339 e. The SMILES string of the molecule is CS(=O)(=O)c1ccccc1CCC(N)C(=O)N1CCC2=NN(CC(F)(F)F)C(=O)[C@]2(Cc2ccccn2)C1. The number of rotatable bonds is 8. The first kappa shape index (κ1) is 27.7. The molecule has 13 heteroatoms. The van der Waals surface area contributed by atoms with Crippen molar-refractivity contribution in [2.24, 2.45) is 16.3 Å². The first-order chi connectivity index (χ1) is 17.8. The lowest BCUT2D eigenvalue weighted by Gasteiger charge is -2.40. The molecule has 1 aromatic heterocycles. The number of nitrogens with zero attached hydrogens (tertiary/aromatic N) is 4. The number of fused-ring (bicyclic) bond motifs is 1. The number of sulfone groups is 1. The number of carbonyl (C=O) groups excluding carboxylic acids is 2. The number of carbonyl (C=O) groups is 2. The molecule has 38 heavy (non-hydrogen) atoms. The lowest BCUT2D eigenvalue weighted by atomic mass is 9.74. The third-order valence-electron chi connectivity index (χ3n) is 6.78. The Kier molecular flexibility index (Phi) is 7.62. The number of piperidine rings is 1. The van der Waals surface area contributed by atoms with Gasteiger partial charge < -0.3 is 10.6 Å². The maximum atomic E-state index is 13.4. The highest BCUT2D eigenvalue weighted by atomic mass is 32.2. The highest BCUT2D eigenvalue weighted by Crippen LogP contribution is 2.39. The average molecular weight is 552 g/mol. The van der Waals surface area contributed by atoms with Gasteiger partial charge in [0.2, 0.25) is 5.91 Å². The van der Waals surface area contributed by atoms with Gasteiger partial charge in [-0.05, 0) is 36.6 Å². The van der Waals surface area contributed by atoms with E-state index >= 15 is 0 Å². The summed E-state index contributed by atoms with van der Waals surface area (Å²) in [7, 11) is -3.47. The number of hydrazone groups is 1. The zero-order valence-corrected chi connectivity index (χ0v) is 21.5. The largest absolute Gasteiger partial charge is 0.408 e. The van der Waals surface area contributed by atoms with Crippen molar-refractivity contribution in [2.75, 3.05) is 25.9 Å². The van der Waals surface area contributed by atoms with Crippen LogP contribution < -0.4 is 5.73 Å². The van der Waals surface area contributed by atoms with E-state index in [-0.39, 0.29) is 49.4 Å². The molecule has 0 spiro atoms. The summed E-state index contributed by atoms with van der Waals surface area (Å²) in [5.41, 5.74) is 6.04. The van der Waals surface area contributed by atoms with E-state index in [1.54, 1.807) is 36.4 Å². The number of hydrogen-bond donors (Lipinski definition) is 1. The van der Waals surface area contributed by atoms with Gasteiger partial charge in [0, 0.05) is 44.1 Å². The maximum Gasteiger partial charge on any atom is 0.408 e. The van der Waals surface area contributed by atoms with Gasteiger partial charge in [0.25, 0.3) is 5.91 Å². The molecule has 0 saturated carbocycles. The molecule has 1 aromatic carbocycles. The highest BCUT2D eigenvalue weighted by Gasteiger charge is 2.56. The second-order valence-corrected chi connectivity index (χ2v) is 11.6. The normalized spacial score (nSPS) is 20.8. The summed E-state index contributed by atoms with van der Waals surface area (Å²) in [6.45, 7) is -1.56. The van der Waals surface area contributed by atoms with E-state index in [4.69, 9.17) is 5.73 Å². The van der Waals surface area contributed by atoms with Crippen molar-refractivity contribution in [1.82, 2.24) is 14.9 Å². The number of amides is 2. The molecule has 2 N–H and O–H groups in total. The van der Waals surface area contributed by atoms with E-state index < -0.39 is 45.8 Å². The number of halogens is 3. The summed E-state index contributed by atoms with van der Waals surface area (Å²) in [6, 6.07) is 10.5. The number of pyridine rings is 1. The van der Waals surface area contributed by atoms with Crippen molar-refractivity contribution in [3.05, 3.63) is 59.9 Å². The summed E-state index contributed by atoms with van der Waals surface area (Å²) in [6.07, 6.45) is -1.54. The van der Waals surface area contributed by atoms with Crippen molar-refractivity contribution in [3.63, 3.8) is 0 Å². The Morgan fingerprint density at radius 3 is 2.55 bits per heavy atom. The third kappa shape index (κ3) is 5.88. The van der Waals surface area contributed by atoms with Crippen molar-refractivity contribution in [3.8, 4) is 0 Å². The third-order valence-corrected chi connectivity index (χ3v) is 7.98. The van der Waals surface area contributed by atoms with Gasteiger partial charge >= 0.3 is 6.18 Å². The summed E-state index contributed by atoms with van der Waals surface area (Å²) in [5, 5.41) is 4.46. The number of aryl methyl sites for hydroxylation is 1. The monoisotopic (exact) mass is 551 g/mol.